The van der Waals surface area contributed by atoms with Gasteiger partial charge in [0.1, 0.15) is 5.92 Å². The van der Waals surface area contributed by atoms with Crippen molar-refractivity contribution >= 4 is 42.5 Å². The number of amides is 2. The predicted octanol–water partition coefficient (Wildman–Crippen LogP) is 7.25. The van der Waals surface area contributed by atoms with Crippen molar-refractivity contribution in [2.45, 2.75) is 70.3 Å². The van der Waals surface area contributed by atoms with E-state index < -0.39 is 38.0 Å². The van der Waals surface area contributed by atoms with Gasteiger partial charge in [0.25, 0.3) is 0 Å². The first-order valence-electron chi connectivity index (χ1n) is 11.6. The standard InChI is InChI=1S/C24H34F3N3O4SSi/c1-14(2)36(15(3)4,16(5)6)34-13-19(21(31)33-7)20-12-28-23(35-20)30-22(32)29-18-10-8-17(9-11-18)24(25,26)27/h8-12,14-16,19H,13H2,1-7H3,(H2,28,29,30,32). The van der Waals surface area contributed by atoms with Crippen LogP contribution in [-0.4, -0.2) is 39.0 Å². The summed E-state index contributed by atoms with van der Waals surface area (Å²) in [6.07, 6.45) is -2.97. The Balaban J connectivity index is 2.13. The molecule has 1 aromatic heterocycles. The summed E-state index contributed by atoms with van der Waals surface area (Å²) in [6, 6.07) is 3.41. The van der Waals surface area contributed by atoms with Crippen molar-refractivity contribution in [2.75, 3.05) is 24.4 Å². The minimum Gasteiger partial charge on any atom is -0.468 e. The molecule has 0 saturated heterocycles. The van der Waals surface area contributed by atoms with Gasteiger partial charge in [-0.25, -0.2) is 9.78 Å². The lowest BCUT2D eigenvalue weighted by molar-refractivity contribution is -0.143. The van der Waals surface area contributed by atoms with Crippen molar-refractivity contribution < 1.29 is 31.9 Å². The summed E-state index contributed by atoms with van der Waals surface area (Å²) in [5.41, 5.74) is 0.388. The summed E-state index contributed by atoms with van der Waals surface area (Å²) in [7, 11) is -0.924. The highest BCUT2D eigenvalue weighted by Crippen LogP contribution is 2.43. The lowest BCUT2D eigenvalue weighted by Gasteiger charge is -2.42. The van der Waals surface area contributed by atoms with Gasteiger partial charge in [0.2, 0.25) is 0 Å². The minimum absolute atomic E-state index is 0.146. The molecule has 0 radical (unpaired) electrons. The summed E-state index contributed by atoms with van der Waals surface area (Å²) in [5, 5.41) is 5.23. The molecule has 7 nitrogen and oxygen atoms in total. The smallest absolute Gasteiger partial charge is 0.416 e. The Kier molecular flexibility index (Phi) is 10.1. The van der Waals surface area contributed by atoms with E-state index >= 15 is 0 Å². The van der Waals surface area contributed by atoms with Gasteiger partial charge in [0.15, 0.2) is 13.4 Å². The van der Waals surface area contributed by atoms with E-state index in [1.807, 2.05) is 0 Å². The average Bonchev–Trinajstić information content (AvgIpc) is 3.22. The molecule has 12 heteroatoms. The number of hydrogen-bond acceptors (Lipinski definition) is 6. The highest BCUT2D eigenvalue weighted by atomic mass is 32.1. The largest absolute Gasteiger partial charge is 0.468 e. The molecule has 36 heavy (non-hydrogen) atoms. The van der Waals surface area contributed by atoms with E-state index in [-0.39, 0.29) is 17.4 Å². The molecule has 200 valence electrons. The first-order chi connectivity index (χ1) is 16.7. The van der Waals surface area contributed by atoms with Crippen molar-refractivity contribution in [3.63, 3.8) is 0 Å². The number of carbonyl (C=O) groups is 2. The third-order valence-corrected chi connectivity index (χ3v) is 13.4. The van der Waals surface area contributed by atoms with Gasteiger partial charge in [0, 0.05) is 16.8 Å². The Morgan fingerprint density at radius 2 is 1.56 bits per heavy atom. The Morgan fingerprint density at radius 3 is 2.03 bits per heavy atom. The van der Waals surface area contributed by atoms with E-state index in [2.05, 4.69) is 57.2 Å². The van der Waals surface area contributed by atoms with Crippen LogP contribution in [-0.2, 0) is 20.1 Å². The van der Waals surface area contributed by atoms with Crippen molar-refractivity contribution in [1.29, 1.82) is 0 Å². The molecule has 0 aliphatic carbocycles. The van der Waals surface area contributed by atoms with Gasteiger partial charge in [-0.2, -0.15) is 13.2 Å². The van der Waals surface area contributed by atoms with Crippen LogP contribution in [0, 0.1) is 0 Å². The van der Waals surface area contributed by atoms with E-state index in [9.17, 15) is 22.8 Å². The number of halogens is 3. The van der Waals surface area contributed by atoms with Gasteiger partial charge in [-0.05, 0) is 40.9 Å². The van der Waals surface area contributed by atoms with Gasteiger partial charge in [-0.1, -0.05) is 41.5 Å². The number of nitrogens with one attached hydrogen (secondary N) is 2. The third-order valence-electron chi connectivity index (χ3n) is 6.25. The molecule has 1 atom stereocenters. The van der Waals surface area contributed by atoms with E-state index in [4.69, 9.17) is 9.16 Å². The van der Waals surface area contributed by atoms with E-state index in [0.29, 0.717) is 21.5 Å². The summed E-state index contributed by atoms with van der Waals surface area (Å²) < 4.78 is 49.7. The lowest BCUT2D eigenvalue weighted by atomic mass is 10.1. The van der Waals surface area contributed by atoms with Gasteiger partial charge in [-0.3, -0.25) is 10.1 Å². The number of methoxy groups -OCH3 is 1. The molecule has 1 unspecified atom stereocenters. The zero-order valence-corrected chi connectivity index (χ0v) is 23.3. The van der Waals surface area contributed by atoms with E-state index in [0.717, 1.165) is 35.6 Å². The van der Waals surface area contributed by atoms with Gasteiger partial charge in [0.05, 0.1) is 19.3 Å². The van der Waals surface area contributed by atoms with Crippen LogP contribution in [0.25, 0.3) is 0 Å². The van der Waals surface area contributed by atoms with Crippen LogP contribution in [0.3, 0.4) is 0 Å². The summed E-state index contributed by atoms with van der Waals surface area (Å²) in [5.74, 6) is -1.16. The normalized spacial score (nSPS) is 13.2. The number of anilines is 2. The van der Waals surface area contributed by atoms with Gasteiger partial charge >= 0.3 is 18.2 Å². The minimum atomic E-state index is -4.46. The van der Waals surface area contributed by atoms with Crippen LogP contribution in [0.5, 0.6) is 0 Å². The molecule has 2 N–H and O–H groups in total. The highest BCUT2D eigenvalue weighted by Gasteiger charge is 2.46. The lowest BCUT2D eigenvalue weighted by Crippen LogP contribution is -2.48. The molecule has 0 saturated carbocycles. The highest BCUT2D eigenvalue weighted by molar-refractivity contribution is 7.16. The molecule has 0 aliphatic heterocycles. The summed E-state index contributed by atoms with van der Waals surface area (Å²) in [6.45, 7) is 13.1. The molecular formula is C24H34F3N3O4SSi. The van der Waals surface area contributed by atoms with Crippen molar-refractivity contribution in [3.8, 4) is 0 Å². The number of carbonyl (C=O) groups excluding carboxylic acids is 2. The number of thiazole rings is 1. The maximum Gasteiger partial charge on any atom is 0.416 e. The van der Waals surface area contributed by atoms with Crippen LogP contribution in [0.4, 0.5) is 28.8 Å². The monoisotopic (exact) mass is 545 g/mol. The first-order valence-corrected chi connectivity index (χ1v) is 14.6. The number of urea groups is 1. The van der Waals surface area contributed by atoms with E-state index in [1.165, 1.54) is 13.3 Å². The number of alkyl halides is 3. The zero-order chi connectivity index (χ0) is 27.3. The first kappa shape index (κ1) is 29.8. The second kappa shape index (κ2) is 12.2. The van der Waals surface area contributed by atoms with Crippen LogP contribution in [0.15, 0.2) is 30.5 Å². The van der Waals surface area contributed by atoms with Crippen molar-refractivity contribution in [3.05, 3.63) is 40.9 Å². The molecule has 0 fully saturated rings. The topological polar surface area (TPSA) is 89.6 Å². The maximum atomic E-state index is 12.7. The molecule has 0 bridgehead atoms. The maximum absolute atomic E-state index is 12.7. The fourth-order valence-corrected chi connectivity index (χ4v) is 11.0. The number of nitrogens with zero attached hydrogens (tertiary/aromatic N) is 1. The van der Waals surface area contributed by atoms with Crippen LogP contribution >= 0.6 is 11.3 Å². The number of hydrogen-bond donors (Lipinski definition) is 2. The van der Waals surface area contributed by atoms with E-state index in [1.54, 1.807) is 0 Å². The molecule has 0 aliphatic rings. The second-order valence-electron chi connectivity index (χ2n) is 9.43. The predicted molar refractivity (Wildman–Crippen MR) is 138 cm³/mol. The third kappa shape index (κ3) is 7.07. The van der Waals surface area contributed by atoms with Crippen molar-refractivity contribution in [1.82, 2.24) is 4.98 Å². The molecule has 1 heterocycles. The Hall–Kier alpha value is -2.44. The average molecular weight is 546 g/mol. The van der Waals surface area contributed by atoms with Gasteiger partial charge < -0.3 is 14.5 Å². The summed E-state index contributed by atoms with van der Waals surface area (Å²) >= 11 is 1.11. The van der Waals surface area contributed by atoms with Crippen LogP contribution in [0.1, 0.15) is 57.9 Å². The number of ether oxygens (including phenoxy) is 1. The molecule has 2 rings (SSSR count). The van der Waals surface area contributed by atoms with Crippen LogP contribution in [0.2, 0.25) is 16.6 Å². The van der Waals surface area contributed by atoms with Gasteiger partial charge in [-0.15, -0.1) is 11.3 Å². The number of esters is 1. The molecule has 1 aromatic carbocycles. The number of benzene rings is 1. The zero-order valence-electron chi connectivity index (χ0n) is 21.5. The molecule has 2 amide bonds. The Bertz CT molecular complexity index is 1000. The number of aromatic nitrogens is 1. The van der Waals surface area contributed by atoms with Crippen LogP contribution < -0.4 is 10.6 Å². The second-order valence-corrected chi connectivity index (χ2v) is 15.9. The van der Waals surface area contributed by atoms with Crippen molar-refractivity contribution in [2.24, 2.45) is 0 Å². The molecular weight excluding hydrogens is 511 g/mol. The Morgan fingerprint density at radius 1 is 1.00 bits per heavy atom. The fraction of sp³-hybridized carbons (Fsp3) is 0.542. The summed E-state index contributed by atoms with van der Waals surface area (Å²) in [4.78, 5) is 29.7. The quantitative estimate of drug-likeness (QED) is 0.242. The number of rotatable bonds is 10. The Labute approximate surface area is 214 Å². The molecule has 2 aromatic rings. The fourth-order valence-electron chi connectivity index (χ4n) is 4.64. The SMILES string of the molecule is COC(=O)C(CO[Si](C(C)C)(C(C)C)C(C)C)c1cnc(NC(=O)Nc2ccc(C(F)(F)F)cc2)s1. The molecule has 0 spiro atoms.